The largest absolute Gasteiger partial charge is 0.321 e. The van der Waals surface area contributed by atoms with E-state index < -0.39 is 0 Å². The molecule has 0 aromatic heterocycles. The van der Waals surface area contributed by atoms with Gasteiger partial charge in [-0.2, -0.15) is 0 Å². The van der Waals surface area contributed by atoms with Gasteiger partial charge in [0.1, 0.15) is 0 Å². The zero-order valence-corrected chi connectivity index (χ0v) is 18.2. The smallest absolute Gasteiger partial charge is 0.255 e. The molecule has 0 atom stereocenters. The molecule has 0 radical (unpaired) electrons. The number of hydrogen-bond donors (Lipinski definition) is 2. The van der Waals surface area contributed by atoms with Crippen molar-refractivity contribution in [2.24, 2.45) is 0 Å². The van der Waals surface area contributed by atoms with Gasteiger partial charge in [0, 0.05) is 22.3 Å². The van der Waals surface area contributed by atoms with Crippen molar-refractivity contribution in [3.05, 3.63) is 131 Å². The molecule has 4 nitrogen and oxygen atoms in total. The van der Waals surface area contributed by atoms with E-state index in [0.29, 0.717) is 33.6 Å². The Labute approximate surface area is 198 Å². The summed E-state index contributed by atoms with van der Waals surface area (Å²) in [5.74, 6) is 11.3. The van der Waals surface area contributed by atoms with Crippen LogP contribution in [0.4, 0.5) is 11.4 Å². The second kappa shape index (κ2) is 11.0. The minimum atomic E-state index is -0.205. The van der Waals surface area contributed by atoms with Crippen LogP contribution in [0.1, 0.15) is 31.8 Å². The van der Waals surface area contributed by atoms with Crippen molar-refractivity contribution in [2.45, 2.75) is 0 Å². The molecule has 34 heavy (non-hydrogen) atoms. The standard InChI is InChI=1S/C30H20N2O2/c33-29(25-17-3-1-4-18-25)31-27-21-11-9-15-23(27)13-7-8-14-24-16-10-12-22-28(24)32-30(34)26-19-5-2-6-20-26/h1-6,9-12,15-22H,(H,31,33)(H,32,34). The summed E-state index contributed by atoms with van der Waals surface area (Å²) in [6.45, 7) is 0. The zero-order valence-electron chi connectivity index (χ0n) is 18.2. The quantitative estimate of drug-likeness (QED) is 0.406. The van der Waals surface area contributed by atoms with E-state index in [2.05, 4.69) is 34.3 Å². The van der Waals surface area contributed by atoms with Crippen molar-refractivity contribution >= 4 is 23.2 Å². The Bertz CT molecular complexity index is 1320. The molecule has 0 spiro atoms. The van der Waals surface area contributed by atoms with Crippen LogP contribution in [0.2, 0.25) is 0 Å². The fourth-order valence-electron chi connectivity index (χ4n) is 3.17. The van der Waals surface area contributed by atoms with E-state index in [-0.39, 0.29) is 11.8 Å². The van der Waals surface area contributed by atoms with Crippen molar-refractivity contribution < 1.29 is 9.59 Å². The first kappa shape index (κ1) is 22.1. The average Bonchev–Trinajstić information content (AvgIpc) is 2.89. The van der Waals surface area contributed by atoms with E-state index in [1.165, 1.54) is 0 Å². The molecule has 0 bridgehead atoms. The summed E-state index contributed by atoms with van der Waals surface area (Å²) in [5.41, 5.74) is 3.68. The lowest BCUT2D eigenvalue weighted by Crippen LogP contribution is -2.12. The van der Waals surface area contributed by atoms with Crippen LogP contribution in [0, 0.1) is 23.7 Å². The van der Waals surface area contributed by atoms with Crippen LogP contribution in [0.3, 0.4) is 0 Å². The first-order valence-electron chi connectivity index (χ1n) is 10.6. The van der Waals surface area contributed by atoms with Gasteiger partial charge in [-0.05, 0) is 60.4 Å². The topological polar surface area (TPSA) is 58.2 Å². The first-order chi connectivity index (χ1) is 16.7. The Hall–Kier alpha value is -5.06. The van der Waals surface area contributed by atoms with Crippen molar-refractivity contribution in [2.75, 3.05) is 10.6 Å². The molecule has 0 saturated heterocycles. The Morgan fingerprint density at radius 1 is 0.471 bits per heavy atom. The van der Waals surface area contributed by atoms with E-state index in [9.17, 15) is 9.59 Å². The van der Waals surface area contributed by atoms with Crippen LogP contribution in [0.25, 0.3) is 0 Å². The third-order valence-corrected chi connectivity index (χ3v) is 4.88. The Kier molecular flexibility index (Phi) is 7.16. The predicted octanol–water partition coefficient (Wildman–Crippen LogP) is 5.59. The molecule has 0 heterocycles. The van der Waals surface area contributed by atoms with Gasteiger partial charge >= 0.3 is 0 Å². The maximum absolute atomic E-state index is 12.5. The highest BCUT2D eigenvalue weighted by Gasteiger charge is 2.08. The lowest BCUT2D eigenvalue weighted by molar-refractivity contribution is 0.101. The molecule has 0 unspecified atom stereocenters. The van der Waals surface area contributed by atoms with Crippen LogP contribution in [-0.4, -0.2) is 11.8 Å². The number of hydrogen-bond acceptors (Lipinski definition) is 2. The monoisotopic (exact) mass is 440 g/mol. The van der Waals surface area contributed by atoms with Gasteiger partial charge in [0.15, 0.2) is 0 Å². The van der Waals surface area contributed by atoms with Gasteiger partial charge in [0.2, 0.25) is 0 Å². The normalized spacial score (nSPS) is 9.53. The number of anilines is 2. The molecule has 0 aliphatic heterocycles. The van der Waals surface area contributed by atoms with Gasteiger partial charge in [0.05, 0.1) is 11.4 Å². The Morgan fingerprint density at radius 2 is 0.824 bits per heavy atom. The average molecular weight is 441 g/mol. The number of benzene rings is 4. The van der Waals surface area contributed by atoms with E-state index in [0.717, 1.165) is 0 Å². The van der Waals surface area contributed by atoms with E-state index in [1.807, 2.05) is 72.8 Å². The number of nitrogens with one attached hydrogen (secondary N) is 2. The first-order valence-corrected chi connectivity index (χ1v) is 10.6. The number of rotatable bonds is 4. The van der Waals surface area contributed by atoms with Gasteiger partial charge in [-0.3, -0.25) is 9.59 Å². The fourth-order valence-corrected chi connectivity index (χ4v) is 3.17. The highest BCUT2D eigenvalue weighted by molar-refractivity contribution is 6.05. The number of carbonyl (C=O) groups is 2. The highest BCUT2D eigenvalue weighted by atomic mass is 16.2. The maximum Gasteiger partial charge on any atom is 0.255 e. The molecule has 4 rings (SSSR count). The van der Waals surface area contributed by atoms with Gasteiger partial charge in [-0.25, -0.2) is 0 Å². The molecule has 0 aliphatic carbocycles. The van der Waals surface area contributed by atoms with E-state index in [4.69, 9.17) is 0 Å². The Balaban J connectivity index is 1.50. The summed E-state index contributed by atoms with van der Waals surface area (Å²) in [6, 6.07) is 32.6. The second-order valence-electron chi connectivity index (χ2n) is 7.23. The molecule has 2 amide bonds. The minimum absolute atomic E-state index is 0.205. The molecule has 0 saturated carbocycles. The van der Waals surface area contributed by atoms with Crippen molar-refractivity contribution in [3.63, 3.8) is 0 Å². The van der Waals surface area contributed by atoms with Crippen LogP contribution >= 0.6 is 0 Å². The lowest BCUT2D eigenvalue weighted by Gasteiger charge is -2.07. The molecule has 0 fully saturated rings. The predicted molar refractivity (Wildman–Crippen MR) is 135 cm³/mol. The number of para-hydroxylation sites is 2. The molecule has 0 aliphatic rings. The maximum atomic E-state index is 12.5. The summed E-state index contributed by atoms with van der Waals surface area (Å²) in [5, 5.41) is 5.79. The fraction of sp³-hybridized carbons (Fsp3) is 0. The van der Waals surface area contributed by atoms with Crippen LogP contribution < -0.4 is 10.6 Å². The summed E-state index contributed by atoms with van der Waals surface area (Å²) in [6.07, 6.45) is 0. The molecule has 2 N–H and O–H groups in total. The number of amides is 2. The SMILES string of the molecule is O=C(Nc1ccccc1C#CC#Cc1ccccc1NC(=O)c1ccccc1)c1ccccc1. The van der Waals surface area contributed by atoms with E-state index in [1.54, 1.807) is 36.4 Å². The molecule has 4 heteroatoms. The molecule has 4 aromatic rings. The van der Waals surface area contributed by atoms with Crippen molar-refractivity contribution in [1.82, 2.24) is 0 Å². The third kappa shape index (κ3) is 5.79. The van der Waals surface area contributed by atoms with Crippen LogP contribution in [0.15, 0.2) is 109 Å². The zero-order chi connectivity index (χ0) is 23.6. The van der Waals surface area contributed by atoms with Gasteiger partial charge in [-0.15, -0.1) is 0 Å². The van der Waals surface area contributed by atoms with Gasteiger partial charge < -0.3 is 10.6 Å². The lowest BCUT2D eigenvalue weighted by atomic mass is 10.1. The second-order valence-corrected chi connectivity index (χ2v) is 7.23. The van der Waals surface area contributed by atoms with Gasteiger partial charge in [-0.1, -0.05) is 72.5 Å². The minimum Gasteiger partial charge on any atom is -0.321 e. The molecular formula is C30H20N2O2. The summed E-state index contributed by atoms with van der Waals surface area (Å²) < 4.78 is 0. The van der Waals surface area contributed by atoms with Crippen molar-refractivity contribution in [3.8, 4) is 23.7 Å². The van der Waals surface area contributed by atoms with Crippen LogP contribution in [-0.2, 0) is 0 Å². The third-order valence-electron chi connectivity index (χ3n) is 4.88. The van der Waals surface area contributed by atoms with Crippen LogP contribution in [0.5, 0.6) is 0 Å². The van der Waals surface area contributed by atoms with Gasteiger partial charge in [0.25, 0.3) is 11.8 Å². The molecule has 162 valence electrons. The number of carbonyl (C=O) groups excluding carboxylic acids is 2. The molecule has 4 aromatic carbocycles. The summed E-state index contributed by atoms with van der Waals surface area (Å²) in [7, 11) is 0. The Morgan fingerprint density at radius 3 is 1.24 bits per heavy atom. The highest BCUT2D eigenvalue weighted by Crippen LogP contribution is 2.16. The van der Waals surface area contributed by atoms with E-state index >= 15 is 0 Å². The summed E-state index contributed by atoms with van der Waals surface area (Å²) >= 11 is 0. The summed E-state index contributed by atoms with van der Waals surface area (Å²) in [4.78, 5) is 25.0. The van der Waals surface area contributed by atoms with Crippen molar-refractivity contribution in [1.29, 1.82) is 0 Å². The molecular weight excluding hydrogens is 420 g/mol.